The lowest BCUT2D eigenvalue weighted by Crippen LogP contribution is -2.49. The molecule has 1 saturated carbocycles. The van der Waals surface area contributed by atoms with Gasteiger partial charge in [0, 0.05) is 23.8 Å². The fraction of sp³-hybridized carbons (Fsp3) is 0.429. The van der Waals surface area contributed by atoms with Crippen molar-refractivity contribution in [3.8, 4) is 0 Å². The first-order valence-corrected chi connectivity index (χ1v) is 10.4. The van der Waals surface area contributed by atoms with Crippen LogP contribution in [0.15, 0.2) is 45.5 Å². The molecule has 4 rings (SSSR count). The molecule has 5 nitrogen and oxygen atoms in total. The van der Waals surface area contributed by atoms with Crippen molar-refractivity contribution in [1.29, 1.82) is 0 Å². The van der Waals surface area contributed by atoms with E-state index in [9.17, 15) is 9.59 Å². The van der Waals surface area contributed by atoms with E-state index in [0.717, 1.165) is 19.4 Å². The van der Waals surface area contributed by atoms with E-state index in [-0.39, 0.29) is 17.6 Å². The van der Waals surface area contributed by atoms with Gasteiger partial charge in [-0.15, -0.1) is 0 Å². The number of hydrogen-bond donors (Lipinski definition) is 1. The van der Waals surface area contributed by atoms with Gasteiger partial charge in [0.25, 0.3) is 11.8 Å². The van der Waals surface area contributed by atoms with Gasteiger partial charge in [0.05, 0.1) is 0 Å². The third kappa shape index (κ3) is 3.95. The average molecular weight is 431 g/mol. The first kappa shape index (κ1) is 18.3. The summed E-state index contributed by atoms with van der Waals surface area (Å²) < 4.78 is 5.78. The summed E-state index contributed by atoms with van der Waals surface area (Å²) in [6.07, 6.45) is 7.16. The standard InChI is InChI=1S/C21H23BrN2O3/c22-19-11-10-18(27-19)20(25)23-16-8-3-6-15(13-16)21(26)24-12-4-7-14-5-1-2-9-17(14)24/h3,6,8,10-11,13-14,17H,1-2,4-5,7,9,12H2,(H,23,25). The van der Waals surface area contributed by atoms with Gasteiger partial charge in [0.1, 0.15) is 0 Å². The van der Waals surface area contributed by atoms with Gasteiger partial charge in [0.2, 0.25) is 0 Å². The van der Waals surface area contributed by atoms with E-state index < -0.39 is 0 Å². The minimum atomic E-state index is -0.337. The van der Waals surface area contributed by atoms with Crippen LogP contribution >= 0.6 is 15.9 Å². The van der Waals surface area contributed by atoms with E-state index in [2.05, 4.69) is 26.1 Å². The largest absolute Gasteiger partial charge is 0.444 e. The van der Waals surface area contributed by atoms with Gasteiger partial charge in [-0.2, -0.15) is 0 Å². The van der Waals surface area contributed by atoms with Gasteiger partial charge >= 0.3 is 0 Å². The van der Waals surface area contributed by atoms with Crippen molar-refractivity contribution in [2.75, 3.05) is 11.9 Å². The minimum Gasteiger partial charge on any atom is -0.444 e. The lowest BCUT2D eigenvalue weighted by atomic mass is 9.78. The zero-order chi connectivity index (χ0) is 18.8. The smallest absolute Gasteiger partial charge is 0.291 e. The molecule has 0 spiro atoms. The number of carbonyl (C=O) groups excluding carboxylic acids is 2. The van der Waals surface area contributed by atoms with Gasteiger partial charge in [-0.05, 0) is 77.9 Å². The highest BCUT2D eigenvalue weighted by Crippen LogP contribution is 2.36. The molecule has 0 bridgehead atoms. The maximum atomic E-state index is 13.2. The third-order valence-corrected chi connectivity index (χ3v) is 6.09. The summed E-state index contributed by atoms with van der Waals surface area (Å²) in [5.74, 6) is 0.607. The molecule has 2 aliphatic rings. The molecule has 2 atom stereocenters. The number of hydrogen-bond acceptors (Lipinski definition) is 3. The molecule has 2 aromatic rings. The number of fused-ring (bicyclic) bond motifs is 1. The molecule has 6 heteroatoms. The normalized spacial score (nSPS) is 22.2. The molecule has 27 heavy (non-hydrogen) atoms. The van der Waals surface area contributed by atoms with Crippen molar-refractivity contribution in [2.24, 2.45) is 5.92 Å². The number of benzene rings is 1. The molecule has 2 unspecified atom stereocenters. The van der Waals surface area contributed by atoms with Gasteiger partial charge in [0.15, 0.2) is 10.4 Å². The van der Waals surface area contributed by atoms with Crippen LogP contribution in [-0.4, -0.2) is 29.3 Å². The second kappa shape index (κ2) is 7.89. The van der Waals surface area contributed by atoms with Gasteiger partial charge in [-0.3, -0.25) is 9.59 Å². The number of likely N-dealkylation sites (tertiary alicyclic amines) is 1. The van der Waals surface area contributed by atoms with Crippen LogP contribution in [0.3, 0.4) is 0 Å². The summed E-state index contributed by atoms with van der Waals surface area (Å²) >= 11 is 3.19. The molecule has 1 aliphatic heterocycles. The molecule has 1 N–H and O–H groups in total. The Labute approximate surface area is 167 Å². The number of carbonyl (C=O) groups is 2. The predicted molar refractivity (Wildman–Crippen MR) is 107 cm³/mol. The fourth-order valence-electron chi connectivity index (χ4n) is 4.40. The van der Waals surface area contributed by atoms with Crippen LogP contribution in [0.5, 0.6) is 0 Å². The molecular formula is C21H23BrN2O3. The number of furan rings is 1. The van der Waals surface area contributed by atoms with E-state index in [0.29, 0.717) is 27.9 Å². The summed E-state index contributed by atoms with van der Waals surface area (Å²) in [5, 5.41) is 2.80. The topological polar surface area (TPSA) is 62.6 Å². The second-order valence-electron chi connectivity index (χ2n) is 7.39. The molecule has 1 aliphatic carbocycles. The van der Waals surface area contributed by atoms with Gasteiger partial charge < -0.3 is 14.6 Å². The lowest BCUT2D eigenvalue weighted by Gasteiger charge is -2.44. The minimum absolute atomic E-state index is 0.0726. The quantitative estimate of drug-likeness (QED) is 0.737. The zero-order valence-electron chi connectivity index (χ0n) is 15.1. The van der Waals surface area contributed by atoms with Crippen LogP contribution in [0.4, 0.5) is 5.69 Å². The monoisotopic (exact) mass is 430 g/mol. The van der Waals surface area contributed by atoms with Crippen LogP contribution in [0.2, 0.25) is 0 Å². The predicted octanol–water partition coefficient (Wildman–Crippen LogP) is 5.09. The van der Waals surface area contributed by atoms with E-state index in [1.165, 1.54) is 25.7 Å². The number of rotatable bonds is 3. The lowest BCUT2D eigenvalue weighted by molar-refractivity contribution is 0.0390. The Balaban J connectivity index is 1.49. The van der Waals surface area contributed by atoms with Crippen LogP contribution in [0.1, 0.15) is 59.4 Å². The van der Waals surface area contributed by atoms with Gasteiger partial charge in [-0.25, -0.2) is 0 Å². The molecule has 2 fully saturated rings. The summed E-state index contributed by atoms with van der Waals surface area (Å²) in [7, 11) is 0. The SMILES string of the molecule is O=C(Nc1cccc(C(=O)N2CCCC3CCCCC32)c1)c1ccc(Br)o1. The van der Waals surface area contributed by atoms with Crippen molar-refractivity contribution in [2.45, 2.75) is 44.6 Å². The number of piperidine rings is 1. The summed E-state index contributed by atoms with van der Waals surface area (Å²) in [4.78, 5) is 27.5. The first-order chi connectivity index (χ1) is 13.1. The molecule has 2 amide bonds. The fourth-order valence-corrected chi connectivity index (χ4v) is 4.71. The Morgan fingerprint density at radius 2 is 1.89 bits per heavy atom. The van der Waals surface area contributed by atoms with Crippen LogP contribution in [-0.2, 0) is 0 Å². The maximum absolute atomic E-state index is 13.2. The third-order valence-electron chi connectivity index (χ3n) is 5.67. The van der Waals surface area contributed by atoms with Crippen LogP contribution in [0, 0.1) is 5.92 Å². The molecule has 1 aromatic heterocycles. The van der Waals surface area contributed by atoms with Crippen LogP contribution < -0.4 is 5.32 Å². The van der Waals surface area contributed by atoms with E-state index >= 15 is 0 Å². The number of halogens is 1. The number of nitrogens with zero attached hydrogens (tertiary/aromatic N) is 1. The van der Waals surface area contributed by atoms with Crippen LogP contribution in [0.25, 0.3) is 0 Å². The molecular weight excluding hydrogens is 408 g/mol. The number of anilines is 1. The maximum Gasteiger partial charge on any atom is 0.291 e. The Bertz CT molecular complexity index is 845. The summed E-state index contributed by atoms with van der Waals surface area (Å²) in [6.45, 7) is 0.830. The molecule has 0 radical (unpaired) electrons. The Hall–Kier alpha value is -2.08. The molecule has 2 heterocycles. The highest BCUT2D eigenvalue weighted by molar-refractivity contribution is 9.10. The Morgan fingerprint density at radius 3 is 2.70 bits per heavy atom. The molecule has 142 valence electrons. The highest BCUT2D eigenvalue weighted by atomic mass is 79.9. The van der Waals surface area contributed by atoms with E-state index in [4.69, 9.17) is 4.42 Å². The van der Waals surface area contributed by atoms with Crippen molar-refractivity contribution in [3.63, 3.8) is 0 Å². The molecule has 1 aromatic carbocycles. The average Bonchev–Trinajstić information content (AvgIpc) is 3.14. The number of nitrogens with one attached hydrogen (secondary N) is 1. The van der Waals surface area contributed by atoms with E-state index in [1.807, 2.05) is 12.1 Å². The summed E-state index contributed by atoms with van der Waals surface area (Å²) in [5.41, 5.74) is 1.22. The van der Waals surface area contributed by atoms with Gasteiger partial charge in [-0.1, -0.05) is 18.9 Å². The Morgan fingerprint density at radius 1 is 1.07 bits per heavy atom. The van der Waals surface area contributed by atoms with Crippen molar-refractivity contribution >= 4 is 33.4 Å². The Kier molecular flexibility index (Phi) is 5.34. The first-order valence-electron chi connectivity index (χ1n) is 9.59. The van der Waals surface area contributed by atoms with Crippen molar-refractivity contribution in [1.82, 2.24) is 4.90 Å². The van der Waals surface area contributed by atoms with Crippen molar-refractivity contribution in [3.05, 3.63) is 52.4 Å². The second-order valence-corrected chi connectivity index (χ2v) is 8.17. The molecule has 1 saturated heterocycles. The number of amides is 2. The van der Waals surface area contributed by atoms with E-state index in [1.54, 1.807) is 24.3 Å². The van der Waals surface area contributed by atoms with Crippen molar-refractivity contribution < 1.29 is 14.0 Å². The summed E-state index contributed by atoms with van der Waals surface area (Å²) in [6, 6.07) is 10.8. The highest BCUT2D eigenvalue weighted by Gasteiger charge is 2.36. The zero-order valence-corrected chi connectivity index (χ0v) is 16.7.